The Morgan fingerprint density at radius 3 is 3.06 bits per heavy atom. The van der Waals surface area contributed by atoms with E-state index in [2.05, 4.69) is 39.2 Å². The monoisotopic (exact) mass is 299 g/mol. The molecule has 0 amide bonds. The maximum Gasteiger partial charge on any atom is 0.0331 e. The van der Waals surface area contributed by atoms with Crippen molar-refractivity contribution in [2.75, 3.05) is 18.4 Å². The standard InChI is InChI=1S/C13H18BrNS/c1-10-11-3-7-16-12(11)2-6-15(10)9-13(8-14)4-5-13/h3,7,10H,2,4-6,8-9H2,1H3. The van der Waals surface area contributed by atoms with Gasteiger partial charge in [-0.15, -0.1) is 11.3 Å². The zero-order valence-electron chi connectivity index (χ0n) is 9.71. The first-order valence-electron chi connectivity index (χ1n) is 6.10. The van der Waals surface area contributed by atoms with Gasteiger partial charge in [-0.3, -0.25) is 4.90 Å². The minimum atomic E-state index is 0.613. The van der Waals surface area contributed by atoms with Crippen LogP contribution < -0.4 is 0 Å². The van der Waals surface area contributed by atoms with E-state index >= 15 is 0 Å². The Hall–Kier alpha value is 0.140. The smallest absolute Gasteiger partial charge is 0.0331 e. The molecular formula is C13H18BrNS. The fourth-order valence-corrected chi connectivity index (χ4v) is 4.42. The first-order valence-corrected chi connectivity index (χ1v) is 8.10. The quantitative estimate of drug-likeness (QED) is 0.767. The number of hydrogen-bond acceptors (Lipinski definition) is 2. The third kappa shape index (κ3) is 1.87. The van der Waals surface area contributed by atoms with E-state index in [-0.39, 0.29) is 0 Å². The second-order valence-electron chi connectivity index (χ2n) is 5.33. The SMILES string of the molecule is CC1c2ccsc2CCN1CC1(CBr)CC1. The largest absolute Gasteiger partial charge is 0.296 e. The molecule has 1 nitrogen and oxygen atoms in total. The number of halogens is 1. The van der Waals surface area contributed by atoms with Crippen molar-refractivity contribution in [2.45, 2.75) is 32.2 Å². The van der Waals surface area contributed by atoms with Gasteiger partial charge in [-0.2, -0.15) is 0 Å². The summed E-state index contributed by atoms with van der Waals surface area (Å²) >= 11 is 5.61. The molecule has 1 aliphatic heterocycles. The zero-order valence-corrected chi connectivity index (χ0v) is 12.1. The molecule has 0 bridgehead atoms. The van der Waals surface area contributed by atoms with Gasteiger partial charge in [0.1, 0.15) is 0 Å². The minimum absolute atomic E-state index is 0.613. The molecule has 88 valence electrons. The van der Waals surface area contributed by atoms with Crippen molar-refractivity contribution >= 4 is 27.3 Å². The van der Waals surface area contributed by atoms with Crippen LogP contribution in [0.1, 0.15) is 36.2 Å². The molecular weight excluding hydrogens is 282 g/mol. The predicted molar refractivity (Wildman–Crippen MR) is 73.5 cm³/mol. The summed E-state index contributed by atoms with van der Waals surface area (Å²) in [5.74, 6) is 0. The second kappa shape index (κ2) is 4.11. The van der Waals surface area contributed by atoms with Crippen molar-refractivity contribution in [1.29, 1.82) is 0 Å². The minimum Gasteiger partial charge on any atom is -0.296 e. The summed E-state index contributed by atoms with van der Waals surface area (Å²) in [5.41, 5.74) is 2.20. The van der Waals surface area contributed by atoms with E-state index in [1.165, 1.54) is 37.7 Å². The molecule has 1 aromatic heterocycles. The lowest BCUT2D eigenvalue weighted by molar-refractivity contribution is 0.168. The Balaban J connectivity index is 1.75. The Bertz CT molecular complexity index is 383. The molecule has 1 saturated carbocycles. The van der Waals surface area contributed by atoms with Crippen LogP contribution in [0.4, 0.5) is 0 Å². The molecule has 0 aromatic carbocycles. The maximum atomic E-state index is 3.68. The molecule has 2 heterocycles. The fraction of sp³-hybridized carbons (Fsp3) is 0.692. The van der Waals surface area contributed by atoms with Crippen LogP contribution in [0.3, 0.4) is 0 Å². The van der Waals surface area contributed by atoms with Crippen molar-refractivity contribution in [2.24, 2.45) is 5.41 Å². The van der Waals surface area contributed by atoms with Gasteiger partial charge in [0.15, 0.2) is 0 Å². The Labute approximate surface area is 110 Å². The highest BCUT2D eigenvalue weighted by Crippen LogP contribution is 2.49. The lowest BCUT2D eigenvalue weighted by atomic mass is 9.99. The predicted octanol–water partition coefficient (Wildman–Crippen LogP) is 3.84. The highest BCUT2D eigenvalue weighted by atomic mass is 79.9. The molecule has 1 atom stereocenters. The summed E-state index contributed by atoms with van der Waals surface area (Å²) in [6.07, 6.45) is 4.09. The van der Waals surface area contributed by atoms with Gasteiger partial charge >= 0.3 is 0 Å². The van der Waals surface area contributed by atoms with Crippen LogP contribution in [0, 0.1) is 5.41 Å². The van der Waals surface area contributed by atoms with Crippen molar-refractivity contribution in [3.05, 3.63) is 21.9 Å². The number of hydrogen-bond donors (Lipinski definition) is 0. The summed E-state index contributed by atoms with van der Waals surface area (Å²) < 4.78 is 0. The Kier molecular flexibility index (Phi) is 2.89. The number of alkyl halides is 1. The lowest BCUT2D eigenvalue weighted by Crippen LogP contribution is -2.38. The summed E-state index contributed by atoms with van der Waals surface area (Å²) in [6.45, 7) is 4.91. The van der Waals surface area contributed by atoms with E-state index in [0.717, 1.165) is 0 Å². The van der Waals surface area contributed by atoms with Gasteiger partial charge < -0.3 is 0 Å². The van der Waals surface area contributed by atoms with Gasteiger partial charge in [-0.05, 0) is 48.6 Å². The zero-order chi connectivity index (χ0) is 11.2. The average Bonchev–Trinajstić information content (AvgIpc) is 2.90. The summed E-state index contributed by atoms with van der Waals surface area (Å²) in [7, 11) is 0. The number of nitrogens with zero attached hydrogens (tertiary/aromatic N) is 1. The Morgan fingerprint density at radius 1 is 1.56 bits per heavy atom. The number of thiophene rings is 1. The van der Waals surface area contributed by atoms with Crippen LogP contribution >= 0.6 is 27.3 Å². The summed E-state index contributed by atoms with van der Waals surface area (Å²) in [5, 5.41) is 3.43. The molecule has 0 N–H and O–H groups in total. The van der Waals surface area contributed by atoms with E-state index < -0.39 is 0 Å². The van der Waals surface area contributed by atoms with E-state index in [9.17, 15) is 0 Å². The fourth-order valence-electron chi connectivity index (χ4n) is 2.72. The topological polar surface area (TPSA) is 3.24 Å². The lowest BCUT2D eigenvalue weighted by Gasteiger charge is -2.36. The van der Waals surface area contributed by atoms with Crippen molar-refractivity contribution in [3.8, 4) is 0 Å². The van der Waals surface area contributed by atoms with Crippen molar-refractivity contribution in [1.82, 2.24) is 4.90 Å². The normalized spacial score (nSPS) is 27.8. The highest BCUT2D eigenvalue weighted by Gasteiger charge is 2.44. The molecule has 3 heteroatoms. The van der Waals surface area contributed by atoms with Crippen molar-refractivity contribution in [3.63, 3.8) is 0 Å². The molecule has 0 saturated heterocycles. The second-order valence-corrected chi connectivity index (χ2v) is 6.89. The van der Waals surface area contributed by atoms with E-state index in [4.69, 9.17) is 0 Å². The van der Waals surface area contributed by atoms with Gasteiger partial charge in [0.25, 0.3) is 0 Å². The summed E-state index contributed by atoms with van der Waals surface area (Å²) in [6, 6.07) is 2.95. The van der Waals surface area contributed by atoms with Crippen LogP contribution in [-0.2, 0) is 6.42 Å². The highest BCUT2D eigenvalue weighted by molar-refractivity contribution is 9.09. The Morgan fingerprint density at radius 2 is 2.38 bits per heavy atom. The van der Waals surface area contributed by atoms with Gasteiger partial charge in [-0.25, -0.2) is 0 Å². The van der Waals surface area contributed by atoms with E-state index in [1.54, 1.807) is 10.4 Å². The van der Waals surface area contributed by atoms with Crippen LogP contribution in [-0.4, -0.2) is 23.3 Å². The van der Waals surface area contributed by atoms with Gasteiger partial charge in [-0.1, -0.05) is 15.9 Å². The molecule has 0 radical (unpaired) electrons. The maximum absolute atomic E-state index is 3.68. The van der Waals surface area contributed by atoms with Crippen LogP contribution in [0.15, 0.2) is 11.4 Å². The molecule has 2 aliphatic rings. The van der Waals surface area contributed by atoms with Crippen molar-refractivity contribution < 1.29 is 0 Å². The van der Waals surface area contributed by atoms with Crippen LogP contribution in [0.2, 0.25) is 0 Å². The molecule has 1 aromatic rings. The molecule has 1 aliphatic carbocycles. The number of rotatable bonds is 3. The van der Waals surface area contributed by atoms with Gasteiger partial charge in [0.2, 0.25) is 0 Å². The number of fused-ring (bicyclic) bond motifs is 1. The molecule has 0 spiro atoms. The molecule has 1 fully saturated rings. The molecule has 16 heavy (non-hydrogen) atoms. The molecule has 3 rings (SSSR count). The average molecular weight is 300 g/mol. The first-order chi connectivity index (χ1) is 7.74. The third-order valence-corrected chi connectivity index (χ3v) is 6.37. The van der Waals surface area contributed by atoms with E-state index in [0.29, 0.717) is 11.5 Å². The van der Waals surface area contributed by atoms with Gasteiger partial charge in [0.05, 0.1) is 0 Å². The van der Waals surface area contributed by atoms with Gasteiger partial charge in [0, 0.05) is 29.3 Å². The molecule has 1 unspecified atom stereocenters. The first kappa shape index (κ1) is 11.2. The summed E-state index contributed by atoms with van der Waals surface area (Å²) in [4.78, 5) is 4.30. The van der Waals surface area contributed by atoms with E-state index in [1.807, 2.05) is 11.3 Å². The van der Waals surface area contributed by atoms with Crippen LogP contribution in [0.5, 0.6) is 0 Å². The van der Waals surface area contributed by atoms with Crippen LogP contribution in [0.25, 0.3) is 0 Å². The third-order valence-electron chi connectivity index (χ3n) is 4.18.